The van der Waals surface area contributed by atoms with E-state index in [2.05, 4.69) is 22.8 Å². The second-order valence-electron chi connectivity index (χ2n) is 4.24. The lowest BCUT2D eigenvalue weighted by Crippen LogP contribution is -2.42. The molecular weight excluding hydrogens is 200 g/mol. The molecule has 0 spiro atoms. The molecule has 2 N–H and O–H groups in total. The molecule has 3 heteroatoms. The quantitative estimate of drug-likeness (QED) is 0.807. The highest BCUT2D eigenvalue weighted by molar-refractivity contribution is 5.33. The van der Waals surface area contributed by atoms with E-state index in [9.17, 15) is 0 Å². The number of piperidine rings is 1. The molecule has 1 aromatic rings. The molecule has 1 atom stereocenters. The van der Waals surface area contributed by atoms with Crippen molar-refractivity contribution in [1.29, 1.82) is 0 Å². The van der Waals surface area contributed by atoms with Crippen LogP contribution in [0.1, 0.15) is 18.4 Å². The van der Waals surface area contributed by atoms with E-state index in [4.69, 9.17) is 4.74 Å². The summed E-state index contributed by atoms with van der Waals surface area (Å²) in [4.78, 5) is 0. The van der Waals surface area contributed by atoms with Crippen molar-refractivity contribution >= 4 is 0 Å². The molecule has 0 bridgehead atoms. The van der Waals surface area contributed by atoms with Gasteiger partial charge in [0.1, 0.15) is 5.75 Å². The van der Waals surface area contributed by atoms with E-state index in [1.807, 2.05) is 12.1 Å². The Morgan fingerprint density at radius 1 is 1.44 bits per heavy atom. The number of hydrogen-bond acceptors (Lipinski definition) is 3. The zero-order chi connectivity index (χ0) is 11.2. The maximum absolute atomic E-state index is 5.33. The van der Waals surface area contributed by atoms with E-state index in [1.165, 1.54) is 18.4 Å². The van der Waals surface area contributed by atoms with Crippen LogP contribution in [0.4, 0.5) is 0 Å². The molecule has 0 saturated carbocycles. The summed E-state index contributed by atoms with van der Waals surface area (Å²) in [7, 11) is 1.72. The first-order chi connectivity index (χ1) is 7.90. The molecule has 1 unspecified atom stereocenters. The summed E-state index contributed by atoms with van der Waals surface area (Å²) in [5.41, 5.74) is 1.23. The number of ether oxygens (including phenoxy) is 1. The third kappa shape index (κ3) is 2.97. The number of rotatable bonds is 4. The van der Waals surface area contributed by atoms with Gasteiger partial charge in [0.15, 0.2) is 0 Å². The van der Waals surface area contributed by atoms with Gasteiger partial charge in [-0.05, 0) is 25.5 Å². The Balaban J connectivity index is 1.88. The smallest absolute Gasteiger partial charge is 0.123 e. The Kier molecular flexibility index (Phi) is 4.19. The summed E-state index contributed by atoms with van der Waals surface area (Å²) in [5.74, 6) is 0.971. The SMILES string of the molecule is COc1ccccc1CNC1CCCNC1. The fraction of sp³-hybridized carbons (Fsp3) is 0.538. The molecule has 0 aliphatic carbocycles. The average molecular weight is 220 g/mol. The Morgan fingerprint density at radius 3 is 3.06 bits per heavy atom. The van der Waals surface area contributed by atoms with Crippen molar-refractivity contribution in [1.82, 2.24) is 10.6 Å². The van der Waals surface area contributed by atoms with Crippen LogP contribution in [0.2, 0.25) is 0 Å². The number of nitrogens with one attached hydrogen (secondary N) is 2. The molecule has 1 saturated heterocycles. The summed E-state index contributed by atoms with van der Waals surface area (Å²) in [6.45, 7) is 3.12. The van der Waals surface area contributed by atoms with Crippen LogP contribution in [0.25, 0.3) is 0 Å². The topological polar surface area (TPSA) is 33.3 Å². The standard InChI is InChI=1S/C13H20N2O/c1-16-13-7-3-2-5-11(13)9-15-12-6-4-8-14-10-12/h2-3,5,7,12,14-15H,4,6,8-10H2,1H3. The van der Waals surface area contributed by atoms with Gasteiger partial charge in [-0.3, -0.25) is 0 Å². The lowest BCUT2D eigenvalue weighted by atomic mass is 10.1. The maximum atomic E-state index is 5.33. The Morgan fingerprint density at radius 2 is 2.31 bits per heavy atom. The first-order valence-electron chi connectivity index (χ1n) is 5.96. The van der Waals surface area contributed by atoms with E-state index >= 15 is 0 Å². The van der Waals surface area contributed by atoms with Crippen LogP contribution >= 0.6 is 0 Å². The molecule has 16 heavy (non-hydrogen) atoms. The van der Waals surface area contributed by atoms with Crippen molar-refractivity contribution in [3.8, 4) is 5.75 Å². The van der Waals surface area contributed by atoms with Crippen molar-refractivity contribution in [2.75, 3.05) is 20.2 Å². The van der Waals surface area contributed by atoms with Gasteiger partial charge in [0.2, 0.25) is 0 Å². The van der Waals surface area contributed by atoms with Crippen LogP contribution in [0, 0.1) is 0 Å². The Hall–Kier alpha value is -1.06. The van der Waals surface area contributed by atoms with Gasteiger partial charge in [-0.15, -0.1) is 0 Å². The van der Waals surface area contributed by atoms with E-state index in [0.717, 1.165) is 25.4 Å². The van der Waals surface area contributed by atoms with E-state index in [1.54, 1.807) is 7.11 Å². The molecular formula is C13H20N2O. The van der Waals surface area contributed by atoms with E-state index < -0.39 is 0 Å². The zero-order valence-corrected chi connectivity index (χ0v) is 9.83. The molecule has 0 radical (unpaired) electrons. The zero-order valence-electron chi connectivity index (χ0n) is 9.83. The van der Waals surface area contributed by atoms with Crippen molar-refractivity contribution in [2.45, 2.75) is 25.4 Å². The third-order valence-corrected chi connectivity index (χ3v) is 3.07. The van der Waals surface area contributed by atoms with Crippen LogP contribution in [-0.2, 0) is 6.54 Å². The van der Waals surface area contributed by atoms with Crippen molar-refractivity contribution in [3.63, 3.8) is 0 Å². The van der Waals surface area contributed by atoms with Crippen molar-refractivity contribution < 1.29 is 4.74 Å². The van der Waals surface area contributed by atoms with Crippen molar-refractivity contribution in [2.24, 2.45) is 0 Å². The van der Waals surface area contributed by atoms with Gasteiger partial charge >= 0.3 is 0 Å². The number of hydrogen-bond donors (Lipinski definition) is 2. The molecule has 2 rings (SSSR count). The molecule has 1 aliphatic heterocycles. The van der Waals surface area contributed by atoms with Crippen LogP contribution < -0.4 is 15.4 Å². The normalized spacial score (nSPS) is 20.7. The third-order valence-electron chi connectivity index (χ3n) is 3.07. The van der Waals surface area contributed by atoms with Crippen LogP contribution in [0.3, 0.4) is 0 Å². The molecule has 1 aromatic carbocycles. The van der Waals surface area contributed by atoms with Gasteiger partial charge in [-0.1, -0.05) is 18.2 Å². The predicted molar refractivity (Wildman–Crippen MR) is 65.7 cm³/mol. The molecule has 0 amide bonds. The van der Waals surface area contributed by atoms with Gasteiger partial charge in [0.05, 0.1) is 7.11 Å². The lowest BCUT2D eigenvalue weighted by molar-refractivity contribution is 0.378. The summed E-state index contributed by atoms with van der Waals surface area (Å²) in [6, 6.07) is 8.78. The van der Waals surface area contributed by atoms with Gasteiger partial charge in [0, 0.05) is 24.7 Å². The molecule has 3 nitrogen and oxygen atoms in total. The second-order valence-corrected chi connectivity index (χ2v) is 4.24. The van der Waals surface area contributed by atoms with Gasteiger partial charge in [-0.2, -0.15) is 0 Å². The minimum absolute atomic E-state index is 0.596. The van der Waals surface area contributed by atoms with Crippen LogP contribution in [0.15, 0.2) is 24.3 Å². The van der Waals surface area contributed by atoms with Crippen LogP contribution in [-0.4, -0.2) is 26.2 Å². The highest BCUT2D eigenvalue weighted by Gasteiger charge is 2.12. The fourth-order valence-electron chi connectivity index (χ4n) is 2.13. The number of para-hydroxylation sites is 1. The van der Waals surface area contributed by atoms with Crippen LogP contribution in [0.5, 0.6) is 5.75 Å². The van der Waals surface area contributed by atoms with Gasteiger partial charge in [0.25, 0.3) is 0 Å². The predicted octanol–water partition coefficient (Wildman–Crippen LogP) is 1.54. The highest BCUT2D eigenvalue weighted by atomic mass is 16.5. The largest absolute Gasteiger partial charge is 0.496 e. The molecule has 1 fully saturated rings. The summed E-state index contributed by atoms with van der Waals surface area (Å²) in [6.07, 6.45) is 2.53. The Labute approximate surface area is 97.2 Å². The molecule has 1 heterocycles. The van der Waals surface area contributed by atoms with E-state index in [-0.39, 0.29) is 0 Å². The summed E-state index contributed by atoms with van der Waals surface area (Å²) >= 11 is 0. The summed E-state index contributed by atoms with van der Waals surface area (Å²) < 4.78 is 5.33. The minimum Gasteiger partial charge on any atom is -0.496 e. The fourth-order valence-corrected chi connectivity index (χ4v) is 2.13. The monoisotopic (exact) mass is 220 g/mol. The highest BCUT2D eigenvalue weighted by Crippen LogP contribution is 2.17. The average Bonchev–Trinajstić information content (AvgIpc) is 2.38. The maximum Gasteiger partial charge on any atom is 0.123 e. The van der Waals surface area contributed by atoms with Gasteiger partial charge in [-0.25, -0.2) is 0 Å². The molecule has 0 aromatic heterocycles. The van der Waals surface area contributed by atoms with E-state index in [0.29, 0.717) is 6.04 Å². The van der Waals surface area contributed by atoms with Gasteiger partial charge < -0.3 is 15.4 Å². The van der Waals surface area contributed by atoms with Crippen molar-refractivity contribution in [3.05, 3.63) is 29.8 Å². The Bertz CT molecular complexity index is 321. The first-order valence-corrected chi connectivity index (χ1v) is 5.96. The molecule has 88 valence electrons. The first kappa shape index (κ1) is 11.4. The lowest BCUT2D eigenvalue weighted by Gasteiger charge is -2.24. The minimum atomic E-state index is 0.596. The second kappa shape index (κ2) is 5.87. The number of benzene rings is 1. The molecule has 1 aliphatic rings. The summed E-state index contributed by atoms with van der Waals surface area (Å²) in [5, 5.41) is 6.98. The number of methoxy groups -OCH3 is 1.